The average Bonchev–Trinajstić information content (AvgIpc) is 2.83. The lowest BCUT2D eigenvalue weighted by molar-refractivity contribution is -0.161. The number of hydrogen-bond donors (Lipinski definition) is 0. The molecule has 3 heterocycles. The summed E-state index contributed by atoms with van der Waals surface area (Å²) < 4.78 is 19.3. The summed E-state index contributed by atoms with van der Waals surface area (Å²) in [6, 6.07) is 6.25. The van der Waals surface area contributed by atoms with Crippen molar-refractivity contribution in [3.8, 4) is 5.88 Å². The summed E-state index contributed by atoms with van der Waals surface area (Å²) in [5, 5.41) is 0. The van der Waals surface area contributed by atoms with E-state index in [9.17, 15) is 23.6 Å². The second-order valence-corrected chi connectivity index (χ2v) is 7.17. The van der Waals surface area contributed by atoms with Crippen molar-refractivity contribution in [2.75, 3.05) is 6.54 Å². The zero-order chi connectivity index (χ0) is 21.3. The third-order valence-electron chi connectivity index (χ3n) is 5.18. The molecule has 0 amide bonds. The molecule has 30 heavy (non-hydrogen) atoms. The summed E-state index contributed by atoms with van der Waals surface area (Å²) >= 11 is 0. The van der Waals surface area contributed by atoms with Crippen LogP contribution in [0.25, 0.3) is 0 Å². The third kappa shape index (κ3) is 4.13. The first-order valence-corrected chi connectivity index (χ1v) is 9.47. The molecule has 2 aliphatic rings. The van der Waals surface area contributed by atoms with Gasteiger partial charge in [0, 0.05) is 32.0 Å². The summed E-state index contributed by atoms with van der Waals surface area (Å²) in [4.78, 5) is 58.2. The van der Waals surface area contributed by atoms with E-state index in [1.165, 1.54) is 6.07 Å². The van der Waals surface area contributed by atoms with Gasteiger partial charge in [0.2, 0.25) is 5.88 Å². The van der Waals surface area contributed by atoms with E-state index in [2.05, 4.69) is 9.82 Å². The van der Waals surface area contributed by atoms with Crippen LogP contribution < -0.4 is 15.1 Å². The Morgan fingerprint density at radius 1 is 1.13 bits per heavy atom. The van der Waals surface area contributed by atoms with Gasteiger partial charge in [-0.2, -0.15) is 0 Å². The van der Waals surface area contributed by atoms with Crippen molar-refractivity contribution in [3.63, 3.8) is 0 Å². The van der Waals surface area contributed by atoms with Crippen LogP contribution in [-0.4, -0.2) is 44.9 Å². The van der Waals surface area contributed by atoms with Crippen molar-refractivity contribution in [2.45, 2.75) is 38.3 Å². The Morgan fingerprint density at radius 2 is 1.93 bits per heavy atom. The molecule has 1 fully saturated rings. The molecule has 1 atom stereocenters. The van der Waals surface area contributed by atoms with Crippen LogP contribution in [0.5, 0.6) is 5.88 Å². The van der Waals surface area contributed by atoms with Gasteiger partial charge in [-0.25, -0.2) is 19.0 Å². The van der Waals surface area contributed by atoms with Gasteiger partial charge in [0.05, 0.1) is 0 Å². The molecule has 4 rings (SSSR count). The van der Waals surface area contributed by atoms with E-state index in [1.54, 1.807) is 18.2 Å². The number of Topliss-reactive ketones (excluding diaryl/α,β-unsaturated/α-hetero) is 1. The number of ketones is 1. The lowest BCUT2D eigenvalue weighted by Crippen LogP contribution is -2.44. The van der Waals surface area contributed by atoms with Crippen molar-refractivity contribution in [1.29, 1.82) is 0 Å². The molecule has 0 aliphatic carbocycles. The molecule has 1 unspecified atom stereocenters. The number of hydrogen-bond acceptors (Lipinski definition) is 8. The lowest BCUT2D eigenvalue weighted by atomic mass is 9.94. The minimum Gasteiger partial charge on any atom is -0.397 e. The standard InChI is InChI=1S/C20H18FN3O6/c21-15-4-2-1-3-12(15)5-6-13-9-14(25)7-8-23(13)10-16-18(26)24-11-17(22-16)29-19(27)20(28)30-24/h1-4,11,13H,5-10H2. The maximum Gasteiger partial charge on any atom is 0.442 e. The number of benzene rings is 1. The molecule has 1 saturated heterocycles. The van der Waals surface area contributed by atoms with E-state index in [0.29, 0.717) is 36.1 Å². The van der Waals surface area contributed by atoms with Gasteiger partial charge >= 0.3 is 17.5 Å². The molecule has 0 spiro atoms. The predicted octanol–water partition coefficient (Wildman–Crippen LogP) is 0.423. The molecule has 1 aromatic heterocycles. The average molecular weight is 415 g/mol. The minimum absolute atomic E-state index is 0.0141. The van der Waals surface area contributed by atoms with Gasteiger partial charge < -0.3 is 9.57 Å². The van der Waals surface area contributed by atoms with Crippen LogP contribution in [0.15, 0.2) is 35.3 Å². The number of likely N-dealkylation sites (tertiary alicyclic amines) is 1. The number of fused-ring (bicyclic) bond motifs is 2. The summed E-state index contributed by atoms with van der Waals surface area (Å²) in [6.07, 6.45) is 2.59. The second kappa shape index (κ2) is 8.15. The van der Waals surface area contributed by atoms with Gasteiger partial charge in [-0.15, -0.1) is 4.73 Å². The molecule has 9 nitrogen and oxygen atoms in total. The summed E-state index contributed by atoms with van der Waals surface area (Å²) in [5.41, 5.74) is -0.127. The maximum atomic E-state index is 13.9. The van der Waals surface area contributed by atoms with Crippen molar-refractivity contribution in [3.05, 3.63) is 57.9 Å². The highest BCUT2D eigenvalue weighted by molar-refractivity contribution is 6.30. The summed E-state index contributed by atoms with van der Waals surface area (Å²) in [7, 11) is 0. The molecule has 2 aliphatic heterocycles. The Hall–Kier alpha value is -3.40. The number of nitrogens with zero attached hydrogens (tertiary/aromatic N) is 3. The Bertz CT molecular complexity index is 1080. The van der Waals surface area contributed by atoms with Crippen molar-refractivity contribution in [1.82, 2.24) is 14.6 Å². The Labute approximate surface area is 170 Å². The zero-order valence-corrected chi connectivity index (χ0v) is 15.9. The van der Waals surface area contributed by atoms with Crippen molar-refractivity contribution >= 4 is 17.7 Å². The van der Waals surface area contributed by atoms with E-state index in [4.69, 9.17) is 4.74 Å². The monoisotopic (exact) mass is 415 g/mol. The number of rotatable bonds is 5. The van der Waals surface area contributed by atoms with E-state index >= 15 is 0 Å². The third-order valence-corrected chi connectivity index (χ3v) is 5.18. The van der Waals surface area contributed by atoms with Crippen LogP contribution in [0.1, 0.15) is 30.5 Å². The van der Waals surface area contributed by atoms with Crippen LogP contribution in [-0.2, 0) is 27.3 Å². The molecule has 0 radical (unpaired) electrons. The molecular weight excluding hydrogens is 397 g/mol. The fraction of sp³-hybridized carbons (Fsp3) is 0.350. The van der Waals surface area contributed by atoms with Gasteiger partial charge in [-0.1, -0.05) is 18.2 Å². The van der Waals surface area contributed by atoms with Crippen LogP contribution in [0.2, 0.25) is 0 Å². The van der Waals surface area contributed by atoms with Crippen LogP contribution >= 0.6 is 0 Å². The van der Waals surface area contributed by atoms with E-state index in [0.717, 1.165) is 6.20 Å². The van der Waals surface area contributed by atoms with Gasteiger partial charge in [-0.05, 0) is 24.5 Å². The first-order chi connectivity index (χ1) is 14.4. The van der Waals surface area contributed by atoms with E-state index < -0.39 is 17.5 Å². The summed E-state index contributed by atoms with van der Waals surface area (Å²) in [5.74, 6) is -3.02. The Morgan fingerprint density at radius 3 is 2.73 bits per heavy atom. The van der Waals surface area contributed by atoms with E-state index in [1.807, 2.05) is 4.90 Å². The van der Waals surface area contributed by atoms with Crippen molar-refractivity contribution < 1.29 is 28.3 Å². The lowest BCUT2D eigenvalue weighted by Gasteiger charge is -2.34. The fourth-order valence-electron chi connectivity index (χ4n) is 3.63. The molecule has 0 saturated carbocycles. The zero-order valence-electron chi connectivity index (χ0n) is 15.9. The summed E-state index contributed by atoms with van der Waals surface area (Å²) in [6.45, 7) is 0.475. The Kier molecular flexibility index (Phi) is 5.40. The quantitative estimate of drug-likeness (QED) is 0.511. The van der Waals surface area contributed by atoms with Crippen molar-refractivity contribution in [2.24, 2.45) is 0 Å². The van der Waals surface area contributed by atoms with Crippen LogP contribution in [0, 0.1) is 5.82 Å². The molecule has 2 bridgehead atoms. The molecule has 10 heteroatoms. The molecule has 0 N–H and O–H groups in total. The smallest absolute Gasteiger partial charge is 0.397 e. The molecule has 1 aromatic carbocycles. The van der Waals surface area contributed by atoms with Crippen LogP contribution in [0.3, 0.4) is 0 Å². The molecule has 156 valence electrons. The topological polar surface area (TPSA) is 108 Å². The maximum absolute atomic E-state index is 13.9. The van der Waals surface area contributed by atoms with Gasteiger partial charge in [0.15, 0.2) is 0 Å². The highest BCUT2D eigenvalue weighted by Gasteiger charge is 2.31. The number of piperidine rings is 1. The van der Waals surface area contributed by atoms with Crippen LogP contribution in [0.4, 0.5) is 4.39 Å². The Balaban J connectivity index is 1.54. The first-order valence-electron chi connectivity index (χ1n) is 9.47. The normalized spacial score (nSPS) is 19.2. The number of aromatic nitrogens is 2. The number of aryl methyl sites for hydroxylation is 1. The number of carbonyl (C=O) groups is 3. The number of halogens is 1. The van der Waals surface area contributed by atoms with Gasteiger partial charge in [-0.3, -0.25) is 14.5 Å². The number of esters is 1. The van der Waals surface area contributed by atoms with Gasteiger partial charge in [0.25, 0.3) is 0 Å². The highest BCUT2D eigenvalue weighted by Crippen LogP contribution is 2.22. The predicted molar refractivity (Wildman–Crippen MR) is 98.9 cm³/mol. The van der Waals surface area contributed by atoms with Gasteiger partial charge in [0.1, 0.15) is 23.5 Å². The highest BCUT2D eigenvalue weighted by atomic mass is 19.1. The molecule has 2 aromatic rings. The number of ether oxygens (including phenoxy) is 1. The minimum atomic E-state index is -1.32. The number of carbonyl (C=O) groups excluding carboxylic acids is 3. The SMILES string of the molecule is O=C1CCN(Cc2nc3cn(c2=O)OC(=O)C(=O)O3)C(CCc2ccccc2F)C1. The molecular formula is C20H18FN3O6. The second-order valence-electron chi connectivity index (χ2n) is 7.17. The first kappa shape index (κ1) is 19.9. The largest absolute Gasteiger partial charge is 0.442 e. The fourth-order valence-corrected chi connectivity index (χ4v) is 3.63. The van der Waals surface area contributed by atoms with E-state index in [-0.39, 0.29) is 42.2 Å².